The van der Waals surface area contributed by atoms with Gasteiger partial charge < -0.3 is 10.6 Å². The fraction of sp³-hybridized carbons (Fsp3) is 0.533. The molecule has 98 valence electrons. The Labute approximate surface area is 109 Å². The number of rotatable bonds is 3. The summed E-state index contributed by atoms with van der Waals surface area (Å²) in [4.78, 5) is 14.1. The molecule has 2 atom stereocenters. The lowest BCUT2D eigenvalue weighted by Crippen LogP contribution is -2.32. The molecule has 0 heterocycles. The van der Waals surface area contributed by atoms with E-state index in [9.17, 15) is 4.79 Å². The molecule has 0 radical (unpaired) electrons. The second-order valence-electron chi connectivity index (χ2n) is 5.19. The number of carbonyl (C=O) groups is 1. The molecule has 1 aliphatic rings. The largest absolute Gasteiger partial charge is 0.328 e. The summed E-state index contributed by atoms with van der Waals surface area (Å²) in [6.45, 7) is 2.13. The molecule has 0 bridgehead atoms. The maximum Gasteiger partial charge on any atom is 0.229 e. The van der Waals surface area contributed by atoms with Gasteiger partial charge in [-0.2, -0.15) is 0 Å². The topological polar surface area (TPSA) is 46.3 Å². The monoisotopic (exact) mass is 246 g/mol. The average Bonchev–Trinajstić information content (AvgIpc) is 2.84. The predicted octanol–water partition coefficient (Wildman–Crippen LogP) is 2.34. The van der Waals surface area contributed by atoms with Crippen molar-refractivity contribution in [2.75, 3.05) is 11.9 Å². The molecule has 2 unspecified atom stereocenters. The van der Waals surface area contributed by atoms with Gasteiger partial charge in [-0.1, -0.05) is 19.1 Å². The third-order valence-electron chi connectivity index (χ3n) is 3.88. The molecular weight excluding hydrogens is 224 g/mol. The predicted molar refractivity (Wildman–Crippen MR) is 74.5 cm³/mol. The first-order valence-corrected chi connectivity index (χ1v) is 6.74. The summed E-state index contributed by atoms with van der Waals surface area (Å²) in [5.74, 6) is 0.308. The maximum absolute atomic E-state index is 12.3. The van der Waals surface area contributed by atoms with Crippen LogP contribution in [0.4, 0.5) is 5.69 Å². The summed E-state index contributed by atoms with van der Waals surface area (Å²) in [6.07, 6.45) is 3.75. The SMILES string of the molecule is CCc1ccc(N(C)C(=O)C2CCC(N)C2)cc1. The van der Waals surface area contributed by atoms with E-state index in [1.165, 1.54) is 5.56 Å². The molecule has 0 aromatic heterocycles. The van der Waals surface area contributed by atoms with Gasteiger partial charge in [0.1, 0.15) is 0 Å². The van der Waals surface area contributed by atoms with Gasteiger partial charge >= 0.3 is 0 Å². The van der Waals surface area contributed by atoms with Crippen LogP contribution in [0.3, 0.4) is 0 Å². The van der Waals surface area contributed by atoms with E-state index in [1.54, 1.807) is 4.90 Å². The normalized spacial score (nSPS) is 23.1. The molecule has 1 saturated carbocycles. The second kappa shape index (κ2) is 5.53. The van der Waals surface area contributed by atoms with Crippen molar-refractivity contribution in [1.29, 1.82) is 0 Å². The van der Waals surface area contributed by atoms with Crippen LogP contribution in [0.25, 0.3) is 0 Å². The molecular formula is C15H22N2O. The van der Waals surface area contributed by atoms with Crippen molar-refractivity contribution in [1.82, 2.24) is 0 Å². The number of nitrogens with two attached hydrogens (primary N) is 1. The number of benzene rings is 1. The Kier molecular flexibility index (Phi) is 4.02. The molecule has 2 rings (SSSR count). The maximum atomic E-state index is 12.3. The van der Waals surface area contributed by atoms with E-state index in [0.29, 0.717) is 0 Å². The van der Waals surface area contributed by atoms with Crippen molar-refractivity contribution >= 4 is 11.6 Å². The van der Waals surface area contributed by atoms with Gasteiger partial charge in [-0.3, -0.25) is 4.79 Å². The van der Waals surface area contributed by atoms with E-state index in [1.807, 2.05) is 19.2 Å². The summed E-state index contributed by atoms with van der Waals surface area (Å²) in [6, 6.07) is 8.41. The number of hydrogen-bond donors (Lipinski definition) is 1. The molecule has 18 heavy (non-hydrogen) atoms. The third kappa shape index (κ3) is 2.72. The Morgan fingerprint density at radius 1 is 1.33 bits per heavy atom. The van der Waals surface area contributed by atoms with E-state index >= 15 is 0 Å². The molecule has 0 saturated heterocycles. The Morgan fingerprint density at radius 2 is 2.00 bits per heavy atom. The molecule has 2 N–H and O–H groups in total. The summed E-state index contributed by atoms with van der Waals surface area (Å²) in [5, 5.41) is 0. The van der Waals surface area contributed by atoms with E-state index < -0.39 is 0 Å². The van der Waals surface area contributed by atoms with Crippen molar-refractivity contribution in [2.45, 2.75) is 38.6 Å². The van der Waals surface area contributed by atoms with Crippen LogP contribution in [0.5, 0.6) is 0 Å². The zero-order valence-corrected chi connectivity index (χ0v) is 11.2. The standard InChI is InChI=1S/C15H22N2O/c1-3-11-4-8-14(9-5-11)17(2)15(18)12-6-7-13(16)10-12/h4-5,8-9,12-13H,3,6-7,10,16H2,1-2H3. The number of anilines is 1. The lowest BCUT2D eigenvalue weighted by atomic mass is 10.1. The number of aryl methyl sites for hydroxylation is 1. The van der Waals surface area contributed by atoms with Crippen LogP contribution in [0.15, 0.2) is 24.3 Å². The van der Waals surface area contributed by atoms with Gasteiger partial charge in [-0.25, -0.2) is 0 Å². The van der Waals surface area contributed by atoms with Crippen molar-refractivity contribution in [3.05, 3.63) is 29.8 Å². The Bertz CT molecular complexity index is 413. The van der Waals surface area contributed by atoms with Crippen LogP contribution in [0.1, 0.15) is 31.7 Å². The first-order valence-electron chi connectivity index (χ1n) is 6.74. The van der Waals surface area contributed by atoms with Crippen LogP contribution in [0.2, 0.25) is 0 Å². The molecule has 1 fully saturated rings. The Hall–Kier alpha value is -1.35. The summed E-state index contributed by atoms with van der Waals surface area (Å²) >= 11 is 0. The van der Waals surface area contributed by atoms with Gasteiger partial charge in [0, 0.05) is 24.7 Å². The highest BCUT2D eigenvalue weighted by Gasteiger charge is 2.30. The second-order valence-corrected chi connectivity index (χ2v) is 5.19. The van der Waals surface area contributed by atoms with Crippen LogP contribution < -0.4 is 10.6 Å². The smallest absolute Gasteiger partial charge is 0.229 e. The van der Waals surface area contributed by atoms with E-state index in [2.05, 4.69) is 19.1 Å². The summed E-state index contributed by atoms with van der Waals surface area (Å²) in [5.41, 5.74) is 8.13. The fourth-order valence-electron chi connectivity index (χ4n) is 2.60. The van der Waals surface area contributed by atoms with Crippen molar-refractivity contribution in [3.63, 3.8) is 0 Å². The zero-order valence-electron chi connectivity index (χ0n) is 11.2. The molecule has 1 aromatic rings. The van der Waals surface area contributed by atoms with Gasteiger partial charge in [0.2, 0.25) is 5.91 Å². The molecule has 1 aliphatic carbocycles. The highest BCUT2D eigenvalue weighted by molar-refractivity contribution is 5.94. The highest BCUT2D eigenvalue weighted by Crippen LogP contribution is 2.27. The first-order chi connectivity index (χ1) is 8.61. The van der Waals surface area contributed by atoms with E-state index in [4.69, 9.17) is 5.73 Å². The molecule has 1 aromatic carbocycles. The third-order valence-corrected chi connectivity index (χ3v) is 3.88. The number of amides is 1. The van der Waals surface area contributed by atoms with Gasteiger partial charge in [-0.15, -0.1) is 0 Å². The van der Waals surface area contributed by atoms with Crippen molar-refractivity contribution in [2.24, 2.45) is 11.7 Å². The molecule has 3 heteroatoms. The fourth-order valence-corrected chi connectivity index (χ4v) is 2.60. The van der Waals surface area contributed by atoms with Gasteiger partial charge in [0.25, 0.3) is 0 Å². The number of nitrogens with zero attached hydrogens (tertiary/aromatic N) is 1. The van der Waals surface area contributed by atoms with E-state index in [-0.39, 0.29) is 17.9 Å². The minimum absolute atomic E-state index is 0.107. The zero-order chi connectivity index (χ0) is 13.1. The molecule has 0 aliphatic heterocycles. The lowest BCUT2D eigenvalue weighted by molar-refractivity contribution is -0.121. The summed E-state index contributed by atoms with van der Waals surface area (Å²) < 4.78 is 0. The minimum Gasteiger partial charge on any atom is -0.328 e. The molecule has 3 nitrogen and oxygen atoms in total. The van der Waals surface area contributed by atoms with Crippen molar-refractivity contribution < 1.29 is 4.79 Å². The van der Waals surface area contributed by atoms with Crippen LogP contribution in [-0.4, -0.2) is 19.0 Å². The lowest BCUT2D eigenvalue weighted by Gasteiger charge is -2.21. The van der Waals surface area contributed by atoms with Crippen LogP contribution in [-0.2, 0) is 11.2 Å². The van der Waals surface area contributed by atoms with Crippen LogP contribution in [0, 0.1) is 5.92 Å². The molecule has 1 amide bonds. The number of carbonyl (C=O) groups excluding carboxylic acids is 1. The van der Waals surface area contributed by atoms with Crippen molar-refractivity contribution in [3.8, 4) is 0 Å². The average molecular weight is 246 g/mol. The van der Waals surface area contributed by atoms with E-state index in [0.717, 1.165) is 31.4 Å². The Morgan fingerprint density at radius 3 is 2.50 bits per heavy atom. The molecule has 0 spiro atoms. The minimum atomic E-state index is 0.107. The summed E-state index contributed by atoms with van der Waals surface area (Å²) in [7, 11) is 1.85. The quantitative estimate of drug-likeness (QED) is 0.889. The first kappa shape index (κ1) is 13.1. The van der Waals surface area contributed by atoms with Crippen LogP contribution >= 0.6 is 0 Å². The number of hydrogen-bond acceptors (Lipinski definition) is 2. The Balaban J connectivity index is 2.05. The van der Waals surface area contributed by atoms with Gasteiger partial charge in [0.05, 0.1) is 0 Å². The van der Waals surface area contributed by atoms with Gasteiger partial charge in [0.15, 0.2) is 0 Å². The van der Waals surface area contributed by atoms with Gasteiger partial charge in [-0.05, 0) is 43.4 Å². The highest BCUT2D eigenvalue weighted by atomic mass is 16.2.